The van der Waals surface area contributed by atoms with Crippen molar-refractivity contribution in [2.45, 2.75) is 37.0 Å². The second-order valence-electron chi connectivity index (χ2n) is 19.3. The largest absolute Gasteiger partial charge is 0.310 e. The summed E-state index contributed by atoms with van der Waals surface area (Å²) in [4.78, 5) is 2.54. The van der Waals surface area contributed by atoms with E-state index in [0.29, 0.717) is 0 Å². The molecule has 0 radical (unpaired) electrons. The second-order valence-corrected chi connectivity index (χ2v) is 19.3. The first-order valence-electron chi connectivity index (χ1n) is 23.7. The van der Waals surface area contributed by atoms with E-state index in [-0.39, 0.29) is 10.8 Å². The number of benzene rings is 10. The summed E-state index contributed by atoms with van der Waals surface area (Å²) in [6, 6.07) is 90.9. The molecule has 0 fully saturated rings. The zero-order valence-corrected chi connectivity index (χ0v) is 38.0. The van der Waals surface area contributed by atoms with Gasteiger partial charge in [-0.25, -0.2) is 0 Å². The molecule has 0 saturated carbocycles. The van der Waals surface area contributed by atoms with Gasteiger partial charge in [-0.1, -0.05) is 220 Å². The molecule has 10 aromatic carbocycles. The standard InChI is InChI=1S/C66H49N/c1-64(2)56-32-16-13-29-51(56)53-40-38-50(43-60(53)64)67(62-36-20-35-59-63(62)55-31-15-18-34-58(55)66(59,47-24-9-5-10-25-47)48-26-11-6-12-27-48)49-28-19-21-44(41-49)45-37-39-54-52-30-14-17-33-57(52)65(3,61(54)42-45)46-22-7-4-8-23-46/h4-43H,1-3H3. The fourth-order valence-electron chi connectivity index (χ4n) is 12.5. The minimum atomic E-state index is -0.521. The molecule has 3 aliphatic carbocycles. The molecule has 0 aliphatic heterocycles. The van der Waals surface area contributed by atoms with Crippen LogP contribution in [0.3, 0.4) is 0 Å². The summed E-state index contributed by atoms with van der Waals surface area (Å²) >= 11 is 0. The van der Waals surface area contributed by atoms with E-state index >= 15 is 0 Å². The van der Waals surface area contributed by atoms with Gasteiger partial charge in [-0.05, 0) is 132 Å². The highest BCUT2D eigenvalue weighted by molar-refractivity contribution is 5.98. The number of fused-ring (bicyclic) bond motifs is 9. The van der Waals surface area contributed by atoms with Gasteiger partial charge < -0.3 is 4.90 Å². The maximum Gasteiger partial charge on any atom is 0.0714 e. The Morgan fingerprint density at radius 1 is 0.299 bits per heavy atom. The van der Waals surface area contributed by atoms with Crippen molar-refractivity contribution >= 4 is 17.1 Å². The van der Waals surface area contributed by atoms with Crippen LogP contribution in [0.1, 0.15) is 70.8 Å². The van der Waals surface area contributed by atoms with E-state index in [0.717, 1.165) is 17.1 Å². The van der Waals surface area contributed by atoms with Crippen molar-refractivity contribution in [1.82, 2.24) is 0 Å². The molecular weight excluding hydrogens is 807 g/mol. The summed E-state index contributed by atoms with van der Waals surface area (Å²) in [6.07, 6.45) is 0. The van der Waals surface area contributed by atoms with Crippen LogP contribution in [-0.2, 0) is 16.2 Å². The third-order valence-electron chi connectivity index (χ3n) is 15.6. The molecule has 1 atom stereocenters. The van der Waals surface area contributed by atoms with Gasteiger partial charge in [0, 0.05) is 27.8 Å². The fourth-order valence-corrected chi connectivity index (χ4v) is 12.5. The minimum Gasteiger partial charge on any atom is -0.310 e. The Bertz CT molecular complexity index is 3530. The van der Waals surface area contributed by atoms with Gasteiger partial charge in [0.1, 0.15) is 0 Å². The number of anilines is 3. The molecule has 1 unspecified atom stereocenters. The third kappa shape index (κ3) is 5.55. The Morgan fingerprint density at radius 3 is 1.49 bits per heavy atom. The van der Waals surface area contributed by atoms with Crippen molar-refractivity contribution in [2.75, 3.05) is 4.90 Å². The summed E-state index contributed by atoms with van der Waals surface area (Å²) in [5.41, 5.74) is 24.5. The first-order chi connectivity index (χ1) is 32.9. The Morgan fingerprint density at radius 2 is 0.791 bits per heavy atom. The van der Waals surface area contributed by atoms with Crippen LogP contribution in [0.4, 0.5) is 17.1 Å². The predicted molar refractivity (Wildman–Crippen MR) is 279 cm³/mol. The van der Waals surface area contributed by atoms with Gasteiger partial charge in [0.25, 0.3) is 0 Å². The molecule has 0 spiro atoms. The molecule has 67 heavy (non-hydrogen) atoms. The zero-order valence-electron chi connectivity index (χ0n) is 38.0. The lowest BCUT2D eigenvalue weighted by Crippen LogP contribution is -2.28. The highest BCUT2D eigenvalue weighted by atomic mass is 15.1. The Balaban J connectivity index is 1.05. The molecular formula is C66H49N. The normalized spacial score (nSPS) is 16.3. The van der Waals surface area contributed by atoms with Crippen LogP contribution in [0, 0.1) is 0 Å². The molecule has 10 aromatic rings. The summed E-state index contributed by atoms with van der Waals surface area (Å²) in [5, 5.41) is 0. The van der Waals surface area contributed by atoms with Crippen LogP contribution in [0.2, 0.25) is 0 Å². The van der Waals surface area contributed by atoms with E-state index in [1.165, 1.54) is 94.6 Å². The first-order valence-corrected chi connectivity index (χ1v) is 23.7. The van der Waals surface area contributed by atoms with Gasteiger partial charge >= 0.3 is 0 Å². The molecule has 3 aliphatic rings. The minimum absolute atomic E-state index is 0.163. The van der Waals surface area contributed by atoms with Crippen LogP contribution in [0.15, 0.2) is 243 Å². The quantitative estimate of drug-likeness (QED) is 0.154. The SMILES string of the molecule is CC1(C)c2ccccc2-c2ccc(N(c3cccc(-c4ccc5c(c4)C(C)(c4ccccc4)c4ccccc4-5)c3)c3cccc4c3-c3ccccc3C4(c3ccccc3)c3ccccc3)cc21. The van der Waals surface area contributed by atoms with Crippen molar-refractivity contribution < 1.29 is 0 Å². The van der Waals surface area contributed by atoms with Crippen LogP contribution in [-0.4, -0.2) is 0 Å². The lowest BCUT2D eigenvalue weighted by molar-refractivity contribution is 0.660. The Hall–Kier alpha value is -8.00. The van der Waals surface area contributed by atoms with Crippen molar-refractivity contribution in [3.8, 4) is 44.5 Å². The van der Waals surface area contributed by atoms with Crippen LogP contribution in [0.5, 0.6) is 0 Å². The summed E-state index contributed by atoms with van der Waals surface area (Å²) in [6.45, 7) is 7.17. The van der Waals surface area contributed by atoms with Gasteiger partial charge in [0.15, 0.2) is 0 Å². The first kappa shape index (κ1) is 39.4. The van der Waals surface area contributed by atoms with Gasteiger partial charge in [0.2, 0.25) is 0 Å². The topological polar surface area (TPSA) is 3.24 Å². The molecule has 0 N–H and O–H groups in total. The lowest BCUT2D eigenvalue weighted by Gasteiger charge is -2.34. The highest BCUT2D eigenvalue weighted by Crippen LogP contribution is 2.60. The van der Waals surface area contributed by atoms with E-state index in [2.05, 4.69) is 268 Å². The number of hydrogen-bond acceptors (Lipinski definition) is 1. The highest BCUT2D eigenvalue weighted by Gasteiger charge is 2.48. The molecule has 1 nitrogen and oxygen atoms in total. The van der Waals surface area contributed by atoms with Crippen molar-refractivity contribution in [2.24, 2.45) is 0 Å². The fraction of sp³-hybridized carbons (Fsp3) is 0.0909. The molecule has 13 rings (SSSR count). The predicted octanol–water partition coefficient (Wildman–Crippen LogP) is 16.8. The molecule has 1 heteroatoms. The molecule has 0 aromatic heterocycles. The van der Waals surface area contributed by atoms with Crippen molar-refractivity contribution in [1.29, 1.82) is 0 Å². The third-order valence-corrected chi connectivity index (χ3v) is 15.6. The Kier molecular flexibility index (Phi) is 8.67. The smallest absolute Gasteiger partial charge is 0.0714 e. The van der Waals surface area contributed by atoms with E-state index in [1.54, 1.807) is 0 Å². The molecule has 0 heterocycles. The lowest BCUT2D eigenvalue weighted by atomic mass is 9.68. The average molecular weight is 856 g/mol. The molecule has 318 valence electrons. The molecule has 0 saturated heterocycles. The van der Waals surface area contributed by atoms with E-state index in [9.17, 15) is 0 Å². The van der Waals surface area contributed by atoms with Gasteiger partial charge in [0.05, 0.1) is 11.1 Å². The second kappa shape index (κ2) is 14.8. The average Bonchev–Trinajstić information content (AvgIpc) is 3.93. The summed E-state index contributed by atoms with van der Waals surface area (Å²) < 4.78 is 0. The monoisotopic (exact) mass is 855 g/mol. The summed E-state index contributed by atoms with van der Waals surface area (Å²) in [7, 11) is 0. The van der Waals surface area contributed by atoms with Crippen LogP contribution >= 0.6 is 0 Å². The van der Waals surface area contributed by atoms with Gasteiger partial charge in [-0.2, -0.15) is 0 Å². The number of hydrogen-bond donors (Lipinski definition) is 0. The zero-order chi connectivity index (χ0) is 44.9. The Labute approximate surface area is 394 Å². The van der Waals surface area contributed by atoms with Crippen LogP contribution < -0.4 is 4.90 Å². The number of rotatable bonds is 7. The number of nitrogens with zero attached hydrogens (tertiary/aromatic N) is 1. The summed E-state index contributed by atoms with van der Waals surface area (Å²) in [5.74, 6) is 0. The van der Waals surface area contributed by atoms with Gasteiger partial charge in [-0.15, -0.1) is 0 Å². The van der Waals surface area contributed by atoms with E-state index < -0.39 is 5.41 Å². The van der Waals surface area contributed by atoms with Crippen molar-refractivity contribution in [3.05, 3.63) is 293 Å². The van der Waals surface area contributed by atoms with Crippen molar-refractivity contribution in [3.63, 3.8) is 0 Å². The maximum absolute atomic E-state index is 2.54. The van der Waals surface area contributed by atoms with Gasteiger partial charge in [-0.3, -0.25) is 0 Å². The molecule has 0 amide bonds. The van der Waals surface area contributed by atoms with E-state index in [1.807, 2.05) is 0 Å². The van der Waals surface area contributed by atoms with Crippen LogP contribution in [0.25, 0.3) is 44.5 Å². The maximum atomic E-state index is 2.54. The van der Waals surface area contributed by atoms with E-state index in [4.69, 9.17) is 0 Å². The molecule has 0 bridgehead atoms.